The van der Waals surface area contributed by atoms with Crippen molar-refractivity contribution in [1.29, 1.82) is 0 Å². The molecule has 0 N–H and O–H groups in total. The number of Topliss-reactive ketones (excluding diaryl/α,β-unsaturated/α-hetero) is 1. The van der Waals surface area contributed by atoms with Gasteiger partial charge >= 0.3 is 0 Å². The molecule has 0 aliphatic rings. The van der Waals surface area contributed by atoms with Crippen LogP contribution >= 0.6 is 0 Å². The topological polar surface area (TPSA) is 35.5 Å². The molecular formula is C24H30O3. The van der Waals surface area contributed by atoms with Gasteiger partial charge in [0.15, 0.2) is 5.78 Å². The minimum Gasteiger partial charge on any atom is -0.457 e. The Balaban J connectivity index is 0.00000225. The highest BCUT2D eigenvalue weighted by molar-refractivity contribution is 5.94. The summed E-state index contributed by atoms with van der Waals surface area (Å²) >= 11 is 0. The number of carbonyl (C=O) groups excluding carboxylic acids is 1. The van der Waals surface area contributed by atoms with Gasteiger partial charge in [0.1, 0.15) is 23.0 Å². The molecule has 0 radical (unpaired) electrons. The van der Waals surface area contributed by atoms with Gasteiger partial charge in [-0.3, -0.25) is 4.79 Å². The molecule has 0 aliphatic carbocycles. The fourth-order valence-corrected chi connectivity index (χ4v) is 2.21. The predicted molar refractivity (Wildman–Crippen MR) is 114 cm³/mol. The fraction of sp³-hybridized carbons (Fsp3) is 0.208. The van der Waals surface area contributed by atoms with Gasteiger partial charge in [0.25, 0.3) is 0 Å². The summed E-state index contributed by atoms with van der Waals surface area (Å²) in [6, 6.07) is 22.4. The van der Waals surface area contributed by atoms with Crippen LogP contribution in [0.1, 0.15) is 45.1 Å². The van der Waals surface area contributed by atoms with Gasteiger partial charge in [0, 0.05) is 5.56 Å². The first-order valence-electron chi connectivity index (χ1n) is 7.73. The Morgan fingerprint density at radius 2 is 0.889 bits per heavy atom. The third-order valence-corrected chi connectivity index (χ3v) is 3.58. The van der Waals surface area contributed by atoms with Crippen molar-refractivity contribution in [3.05, 3.63) is 83.9 Å². The van der Waals surface area contributed by atoms with Crippen LogP contribution in [-0.4, -0.2) is 5.78 Å². The molecule has 3 heteroatoms. The van der Waals surface area contributed by atoms with E-state index in [0.29, 0.717) is 17.1 Å². The van der Waals surface area contributed by atoms with Crippen molar-refractivity contribution in [1.82, 2.24) is 0 Å². The second-order valence-electron chi connectivity index (χ2n) is 5.57. The van der Waals surface area contributed by atoms with E-state index in [9.17, 15) is 4.79 Å². The van der Waals surface area contributed by atoms with E-state index in [-0.39, 0.29) is 28.1 Å². The van der Waals surface area contributed by atoms with Gasteiger partial charge in [-0.1, -0.05) is 40.0 Å². The van der Waals surface area contributed by atoms with Crippen LogP contribution in [0.5, 0.6) is 23.0 Å². The first-order chi connectivity index (χ1) is 11.6. The van der Waals surface area contributed by atoms with E-state index >= 15 is 0 Å². The van der Waals surface area contributed by atoms with Crippen LogP contribution in [0.25, 0.3) is 0 Å². The highest BCUT2D eigenvalue weighted by Crippen LogP contribution is 2.27. The fourth-order valence-electron chi connectivity index (χ4n) is 2.21. The van der Waals surface area contributed by atoms with Crippen molar-refractivity contribution in [2.75, 3.05) is 0 Å². The number of benzene rings is 3. The Hall–Kier alpha value is -3.07. The van der Waals surface area contributed by atoms with E-state index in [2.05, 4.69) is 0 Å². The van der Waals surface area contributed by atoms with Crippen molar-refractivity contribution in [3.8, 4) is 23.0 Å². The van der Waals surface area contributed by atoms with Gasteiger partial charge < -0.3 is 9.47 Å². The van der Waals surface area contributed by atoms with E-state index in [1.807, 2.05) is 55.5 Å². The molecule has 0 spiro atoms. The van der Waals surface area contributed by atoms with Crippen molar-refractivity contribution in [2.24, 2.45) is 0 Å². The van der Waals surface area contributed by atoms with E-state index in [1.165, 1.54) is 5.56 Å². The number of ether oxygens (including phenoxy) is 2. The molecule has 3 rings (SSSR count). The van der Waals surface area contributed by atoms with Crippen molar-refractivity contribution < 1.29 is 14.3 Å². The maximum absolute atomic E-state index is 11.3. The molecule has 0 atom stereocenters. The summed E-state index contributed by atoms with van der Waals surface area (Å²) in [5.74, 6) is 2.99. The second kappa shape index (κ2) is 10.8. The maximum atomic E-state index is 11.3. The molecule has 0 fully saturated rings. The minimum absolute atomic E-state index is 0. The van der Waals surface area contributed by atoms with Crippen LogP contribution in [0.3, 0.4) is 0 Å². The molecule has 3 aromatic carbocycles. The summed E-state index contributed by atoms with van der Waals surface area (Å²) in [7, 11) is 0. The summed E-state index contributed by atoms with van der Waals surface area (Å²) in [4.78, 5) is 11.3. The third kappa shape index (κ3) is 6.63. The summed E-state index contributed by atoms with van der Waals surface area (Å²) in [6.07, 6.45) is 0. The minimum atomic E-state index is 0. The lowest BCUT2D eigenvalue weighted by molar-refractivity contribution is 0.101. The van der Waals surface area contributed by atoms with Gasteiger partial charge in [-0.15, -0.1) is 0 Å². The first-order valence-corrected chi connectivity index (χ1v) is 7.73. The summed E-state index contributed by atoms with van der Waals surface area (Å²) < 4.78 is 11.6. The monoisotopic (exact) mass is 366 g/mol. The zero-order valence-corrected chi connectivity index (χ0v) is 13.7. The summed E-state index contributed by atoms with van der Waals surface area (Å²) in [5.41, 5.74) is 1.87. The SMILES string of the molecule is C.C.C.CC(=O)c1ccc(Oc2ccc(Oc3ccc(C)cc3)cc2)cc1. The Morgan fingerprint density at radius 1 is 0.593 bits per heavy atom. The number of aryl methyl sites for hydroxylation is 1. The van der Waals surface area contributed by atoms with Gasteiger partial charge in [0.05, 0.1) is 0 Å². The molecule has 0 saturated heterocycles. The van der Waals surface area contributed by atoms with E-state index < -0.39 is 0 Å². The molecule has 0 aromatic heterocycles. The lowest BCUT2D eigenvalue weighted by Gasteiger charge is -2.09. The second-order valence-corrected chi connectivity index (χ2v) is 5.57. The Labute approximate surface area is 163 Å². The van der Waals surface area contributed by atoms with E-state index in [0.717, 1.165) is 11.5 Å². The molecule has 0 aliphatic heterocycles. The molecule has 0 amide bonds. The van der Waals surface area contributed by atoms with Gasteiger partial charge in [-0.05, 0) is 74.5 Å². The van der Waals surface area contributed by atoms with E-state index in [4.69, 9.17) is 9.47 Å². The van der Waals surface area contributed by atoms with Gasteiger partial charge in [-0.25, -0.2) is 0 Å². The highest BCUT2D eigenvalue weighted by atomic mass is 16.5. The Morgan fingerprint density at radius 3 is 1.22 bits per heavy atom. The van der Waals surface area contributed by atoms with Crippen molar-refractivity contribution >= 4 is 5.78 Å². The molecule has 3 nitrogen and oxygen atoms in total. The largest absolute Gasteiger partial charge is 0.457 e. The predicted octanol–water partition coefficient (Wildman–Crippen LogP) is 7.69. The van der Waals surface area contributed by atoms with Crippen molar-refractivity contribution in [3.63, 3.8) is 0 Å². The Kier molecular flexibility index (Phi) is 9.59. The molecule has 3 aromatic rings. The molecule has 0 saturated carbocycles. The number of rotatable bonds is 5. The zero-order chi connectivity index (χ0) is 16.9. The summed E-state index contributed by atoms with van der Waals surface area (Å²) in [6.45, 7) is 3.58. The highest BCUT2D eigenvalue weighted by Gasteiger charge is 2.02. The number of hydrogen-bond donors (Lipinski definition) is 0. The zero-order valence-electron chi connectivity index (χ0n) is 13.7. The van der Waals surface area contributed by atoms with Crippen molar-refractivity contribution in [2.45, 2.75) is 36.1 Å². The average Bonchev–Trinajstić information content (AvgIpc) is 2.59. The molecule has 0 bridgehead atoms. The lowest BCUT2D eigenvalue weighted by atomic mass is 10.1. The molecule has 0 heterocycles. The van der Waals surface area contributed by atoms with Crippen LogP contribution in [0.15, 0.2) is 72.8 Å². The van der Waals surface area contributed by atoms with Crippen LogP contribution in [0.4, 0.5) is 0 Å². The number of ketones is 1. The van der Waals surface area contributed by atoms with Crippen LogP contribution in [0, 0.1) is 6.92 Å². The smallest absolute Gasteiger partial charge is 0.159 e. The molecule has 0 unspecified atom stereocenters. The number of carbonyl (C=O) groups is 1. The quantitative estimate of drug-likeness (QED) is 0.434. The lowest BCUT2D eigenvalue weighted by Crippen LogP contribution is -1.91. The normalized spacial score (nSPS) is 9.11. The van der Waals surface area contributed by atoms with Gasteiger partial charge in [-0.2, -0.15) is 0 Å². The Bertz CT molecular complexity index is 817. The first kappa shape index (κ1) is 23.9. The average molecular weight is 367 g/mol. The molecule has 27 heavy (non-hydrogen) atoms. The molecular weight excluding hydrogens is 336 g/mol. The standard InChI is InChI=1S/C21H18O3.3CH4/c1-15-3-7-18(8-4-15)23-20-11-13-21(14-12-20)24-19-9-5-17(6-10-19)16(2)22;;;/h3-14H,1-2H3;3*1H4. The number of hydrogen-bond acceptors (Lipinski definition) is 3. The van der Waals surface area contributed by atoms with Crippen LogP contribution < -0.4 is 9.47 Å². The summed E-state index contributed by atoms with van der Waals surface area (Å²) in [5, 5.41) is 0. The van der Waals surface area contributed by atoms with Crippen LogP contribution in [0.2, 0.25) is 0 Å². The van der Waals surface area contributed by atoms with Crippen LogP contribution in [-0.2, 0) is 0 Å². The maximum Gasteiger partial charge on any atom is 0.159 e. The van der Waals surface area contributed by atoms with E-state index in [1.54, 1.807) is 31.2 Å². The third-order valence-electron chi connectivity index (χ3n) is 3.58. The molecule has 144 valence electrons. The van der Waals surface area contributed by atoms with Gasteiger partial charge in [0.2, 0.25) is 0 Å².